The summed E-state index contributed by atoms with van der Waals surface area (Å²) in [7, 11) is 0. The first-order chi connectivity index (χ1) is 16.0. The molecule has 7 nitrogen and oxygen atoms in total. The lowest BCUT2D eigenvalue weighted by molar-refractivity contribution is -0.00121. The first-order valence-electron chi connectivity index (χ1n) is 11.1. The van der Waals surface area contributed by atoms with Crippen molar-refractivity contribution in [2.45, 2.75) is 26.2 Å². The lowest BCUT2D eigenvalue weighted by Gasteiger charge is -2.35. The van der Waals surface area contributed by atoms with Crippen LogP contribution in [-0.2, 0) is 17.9 Å². The molecule has 0 spiro atoms. The summed E-state index contributed by atoms with van der Waals surface area (Å²) in [4.78, 5) is 28.7. The van der Waals surface area contributed by atoms with Crippen LogP contribution in [0.25, 0.3) is 0 Å². The van der Waals surface area contributed by atoms with Crippen molar-refractivity contribution >= 4 is 29.0 Å². The van der Waals surface area contributed by atoms with Gasteiger partial charge in [0.25, 0.3) is 5.91 Å². The molecule has 0 aliphatic carbocycles. The van der Waals surface area contributed by atoms with Crippen molar-refractivity contribution in [2.24, 2.45) is 0 Å². The molecular formula is C25H25ClN4O3. The number of amides is 1. The minimum absolute atomic E-state index is 0.0495. The molecule has 3 heterocycles. The number of Topliss-reactive ketones (excluding diaryl/α,β-unsaturated/α-hetero) is 1. The van der Waals surface area contributed by atoms with Crippen molar-refractivity contribution in [3.05, 3.63) is 82.1 Å². The maximum absolute atomic E-state index is 13.1. The normalized spacial score (nSPS) is 18.2. The van der Waals surface area contributed by atoms with Crippen molar-refractivity contribution in [3.8, 4) is 0 Å². The van der Waals surface area contributed by atoms with Gasteiger partial charge in [0.15, 0.2) is 11.5 Å². The average Bonchev–Trinajstić information content (AvgIpc) is 3.28. The number of carbonyl (C=O) groups is 2. The Morgan fingerprint density at radius 2 is 1.70 bits per heavy atom. The molecular weight excluding hydrogens is 440 g/mol. The van der Waals surface area contributed by atoms with Gasteiger partial charge in [-0.15, -0.1) is 0 Å². The predicted molar refractivity (Wildman–Crippen MR) is 126 cm³/mol. The average molecular weight is 465 g/mol. The van der Waals surface area contributed by atoms with E-state index >= 15 is 0 Å². The van der Waals surface area contributed by atoms with Crippen molar-refractivity contribution < 1.29 is 14.3 Å². The molecule has 1 fully saturated rings. The van der Waals surface area contributed by atoms with Gasteiger partial charge in [0.1, 0.15) is 6.10 Å². The Morgan fingerprint density at radius 3 is 2.36 bits per heavy atom. The quantitative estimate of drug-likeness (QED) is 0.546. The predicted octanol–water partition coefficient (Wildman–Crippen LogP) is 3.97. The number of piperazine rings is 1. The van der Waals surface area contributed by atoms with Crippen LogP contribution in [0.1, 0.15) is 45.1 Å². The minimum atomic E-state index is -0.115. The largest absolute Gasteiger partial charge is 0.368 e. The van der Waals surface area contributed by atoms with Crippen LogP contribution in [-0.4, -0.2) is 52.5 Å². The summed E-state index contributed by atoms with van der Waals surface area (Å²) >= 11 is 5.99. The summed E-state index contributed by atoms with van der Waals surface area (Å²) in [6.45, 7) is 5.27. The van der Waals surface area contributed by atoms with E-state index in [2.05, 4.69) is 10.00 Å². The first-order valence-corrected chi connectivity index (χ1v) is 11.4. The van der Waals surface area contributed by atoms with Gasteiger partial charge in [0.2, 0.25) is 0 Å². The molecule has 2 aromatic carbocycles. The summed E-state index contributed by atoms with van der Waals surface area (Å²) in [6, 6.07) is 17.1. The third-order valence-corrected chi connectivity index (χ3v) is 6.55. The fraction of sp³-hybridized carbons (Fsp3) is 0.320. The summed E-state index contributed by atoms with van der Waals surface area (Å²) in [5.74, 6) is 0.0103. The summed E-state index contributed by atoms with van der Waals surface area (Å²) in [5.41, 5.74) is 4.19. The Kier molecular flexibility index (Phi) is 5.91. The fourth-order valence-corrected chi connectivity index (χ4v) is 4.47. The van der Waals surface area contributed by atoms with Crippen molar-refractivity contribution in [1.29, 1.82) is 0 Å². The monoisotopic (exact) mass is 464 g/mol. The number of anilines is 1. The van der Waals surface area contributed by atoms with E-state index in [-0.39, 0.29) is 17.8 Å². The molecule has 5 rings (SSSR count). The van der Waals surface area contributed by atoms with Crippen molar-refractivity contribution in [2.75, 3.05) is 31.1 Å². The molecule has 170 valence electrons. The number of benzene rings is 2. The van der Waals surface area contributed by atoms with E-state index in [0.29, 0.717) is 42.5 Å². The van der Waals surface area contributed by atoms with Crippen LogP contribution in [0.15, 0.2) is 54.6 Å². The summed E-state index contributed by atoms with van der Waals surface area (Å²) < 4.78 is 7.88. The Bertz CT molecular complexity index is 1170. The fourth-order valence-electron chi connectivity index (χ4n) is 4.35. The van der Waals surface area contributed by atoms with Crippen LogP contribution in [0.5, 0.6) is 0 Å². The number of ketones is 1. The van der Waals surface area contributed by atoms with Crippen LogP contribution < -0.4 is 4.90 Å². The van der Waals surface area contributed by atoms with Gasteiger partial charge in [0, 0.05) is 42.5 Å². The molecule has 33 heavy (non-hydrogen) atoms. The van der Waals surface area contributed by atoms with Gasteiger partial charge in [-0.3, -0.25) is 14.3 Å². The molecule has 8 heteroatoms. The van der Waals surface area contributed by atoms with Gasteiger partial charge in [-0.05, 0) is 55.0 Å². The van der Waals surface area contributed by atoms with E-state index in [1.807, 2.05) is 64.2 Å². The Morgan fingerprint density at radius 1 is 1.00 bits per heavy atom. The van der Waals surface area contributed by atoms with Crippen LogP contribution in [0.4, 0.5) is 5.69 Å². The maximum atomic E-state index is 13.1. The number of rotatable bonds is 4. The third kappa shape index (κ3) is 4.51. The van der Waals surface area contributed by atoms with E-state index in [1.165, 1.54) is 0 Å². The van der Waals surface area contributed by atoms with Crippen LogP contribution in [0.3, 0.4) is 0 Å². The first kappa shape index (κ1) is 21.7. The van der Waals surface area contributed by atoms with Crippen LogP contribution in [0.2, 0.25) is 5.02 Å². The second-order valence-electron chi connectivity index (χ2n) is 8.44. The Hall–Kier alpha value is -3.16. The highest BCUT2D eigenvalue weighted by atomic mass is 35.5. The zero-order valence-electron chi connectivity index (χ0n) is 18.4. The van der Waals surface area contributed by atoms with Crippen molar-refractivity contribution in [3.63, 3.8) is 0 Å². The molecule has 3 aromatic rings. The molecule has 2 aliphatic heterocycles. The molecule has 0 bridgehead atoms. The lowest BCUT2D eigenvalue weighted by atomic mass is 10.1. The van der Waals surface area contributed by atoms with Gasteiger partial charge in [0.05, 0.1) is 18.8 Å². The van der Waals surface area contributed by atoms with Crippen LogP contribution >= 0.6 is 11.6 Å². The molecule has 0 N–H and O–H groups in total. The zero-order chi connectivity index (χ0) is 22.9. The molecule has 0 unspecified atom stereocenters. The number of hydrogen-bond donors (Lipinski definition) is 0. The number of fused-ring (bicyclic) bond motifs is 1. The highest BCUT2D eigenvalue weighted by Gasteiger charge is 2.28. The second kappa shape index (κ2) is 9.00. The SMILES string of the molecule is CC(=O)c1ccc(N2CCN(C(=O)c3cc4n(n3)C[C@@H](c3ccc(Cl)cc3)OC4)CC2)cc1. The van der Waals surface area contributed by atoms with Gasteiger partial charge < -0.3 is 14.5 Å². The van der Waals surface area contributed by atoms with Gasteiger partial charge in [-0.1, -0.05) is 23.7 Å². The van der Waals surface area contributed by atoms with Gasteiger partial charge >= 0.3 is 0 Å². The second-order valence-corrected chi connectivity index (χ2v) is 8.87. The number of halogens is 1. The molecule has 0 radical (unpaired) electrons. The van der Waals surface area contributed by atoms with Gasteiger partial charge in [-0.2, -0.15) is 5.10 Å². The number of aromatic nitrogens is 2. The lowest BCUT2D eigenvalue weighted by Crippen LogP contribution is -2.48. The topological polar surface area (TPSA) is 67.7 Å². The molecule has 1 atom stereocenters. The van der Waals surface area contributed by atoms with E-state index in [0.717, 1.165) is 30.0 Å². The van der Waals surface area contributed by atoms with E-state index in [1.54, 1.807) is 6.92 Å². The van der Waals surface area contributed by atoms with E-state index < -0.39 is 0 Å². The molecule has 0 saturated carbocycles. The Labute approximate surface area is 197 Å². The number of ether oxygens (including phenoxy) is 1. The smallest absolute Gasteiger partial charge is 0.274 e. The standard InChI is InChI=1S/C25H25ClN4O3/c1-17(31)18-4-8-21(9-5-18)28-10-12-29(13-11-28)25(32)23-14-22-16-33-24(15-30(22)27-23)19-2-6-20(26)7-3-19/h2-9,14,24H,10-13,15-16H2,1H3/t24-/m0/s1. The third-order valence-electron chi connectivity index (χ3n) is 6.30. The molecule has 2 aliphatic rings. The molecule has 1 saturated heterocycles. The van der Waals surface area contributed by atoms with Crippen molar-refractivity contribution in [1.82, 2.24) is 14.7 Å². The van der Waals surface area contributed by atoms with Crippen LogP contribution in [0, 0.1) is 0 Å². The summed E-state index contributed by atoms with van der Waals surface area (Å²) in [5, 5.41) is 5.29. The number of carbonyl (C=O) groups excluding carboxylic acids is 2. The summed E-state index contributed by atoms with van der Waals surface area (Å²) in [6.07, 6.45) is -0.115. The molecule has 1 aromatic heterocycles. The maximum Gasteiger partial charge on any atom is 0.274 e. The zero-order valence-corrected chi connectivity index (χ0v) is 19.2. The number of hydrogen-bond acceptors (Lipinski definition) is 5. The Balaban J connectivity index is 1.21. The van der Waals surface area contributed by atoms with Gasteiger partial charge in [-0.25, -0.2) is 0 Å². The van der Waals surface area contributed by atoms with E-state index in [9.17, 15) is 9.59 Å². The highest BCUT2D eigenvalue weighted by Crippen LogP contribution is 2.28. The minimum Gasteiger partial charge on any atom is -0.368 e. The molecule has 1 amide bonds. The highest BCUT2D eigenvalue weighted by molar-refractivity contribution is 6.30. The van der Waals surface area contributed by atoms with E-state index in [4.69, 9.17) is 16.3 Å². The number of nitrogens with zero attached hydrogens (tertiary/aromatic N) is 4.